The zero-order valence-electron chi connectivity index (χ0n) is 23.3. The smallest absolute Gasteiger partial charge is 0.231 e. The summed E-state index contributed by atoms with van der Waals surface area (Å²) in [7, 11) is -1.29. The molecule has 3 aromatic rings. The van der Waals surface area contributed by atoms with Crippen molar-refractivity contribution in [3.05, 3.63) is 71.5 Å². The van der Waals surface area contributed by atoms with Crippen molar-refractivity contribution in [3.8, 4) is 11.3 Å². The van der Waals surface area contributed by atoms with Gasteiger partial charge in [0.15, 0.2) is 23.3 Å². The SMILES string of the molecule is CCO/C=C/c1c(N2CCC(Cc3cc(F)c(F)c(F)c3)C2=O)nn(COCC[Si](C)(C)C)c1-c1ccncc1. The van der Waals surface area contributed by atoms with Crippen molar-refractivity contribution in [3.63, 3.8) is 0 Å². The predicted octanol–water partition coefficient (Wildman–Crippen LogP) is 6.28. The summed E-state index contributed by atoms with van der Waals surface area (Å²) in [5.41, 5.74) is 2.51. The van der Waals surface area contributed by atoms with Gasteiger partial charge in [-0.2, -0.15) is 5.10 Å². The van der Waals surface area contributed by atoms with Gasteiger partial charge in [-0.25, -0.2) is 17.9 Å². The van der Waals surface area contributed by atoms with Gasteiger partial charge < -0.3 is 9.47 Å². The third kappa shape index (κ3) is 7.00. The largest absolute Gasteiger partial charge is 0.501 e. The molecule has 1 saturated heterocycles. The second kappa shape index (κ2) is 12.8. The summed E-state index contributed by atoms with van der Waals surface area (Å²) in [5, 5.41) is 4.82. The molecule has 7 nitrogen and oxygen atoms in total. The van der Waals surface area contributed by atoms with Crippen LogP contribution in [0, 0.1) is 23.4 Å². The number of halogens is 3. The van der Waals surface area contributed by atoms with Crippen molar-refractivity contribution in [2.75, 3.05) is 24.7 Å². The van der Waals surface area contributed by atoms with Gasteiger partial charge in [-0.15, -0.1) is 0 Å². The molecular formula is C29H35F3N4O3Si. The van der Waals surface area contributed by atoms with Gasteiger partial charge in [0, 0.05) is 50.7 Å². The van der Waals surface area contributed by atoms with E-state index in [2.05, 4.69) is 24.6 Å². The summed E-state index contributed by atoms with van der Waals surface area (Å²) >= 11 is 0. The fourth-order valence-electron chi connectivity index (χ4n) is 4.61. The highest BCUT2D eigenvalue weighted by atomic mass is 28.3. The zero-order valence-corrected chi connectivity index (χ0v) is 24.3. The van der Waals surface area contributed by atoms with Crippen molar-refractivity contribution in [2.45, 2.75) is 52.2 Å². The molecule has 1 aromatic carbocycles. The highest BCUT2D eigenvalue weighted by Crippen LogP contribution is 2.36. The summed E-state index contributed by atoms with van der Waals surface area (Å²) in [6.45, 7) is 10.4. The molecule has 214 valence electrons. The standard InChI is InChI=1S/C29H35F3N4O3Si/c1-5-38-13-9-23-27(21-6-10-33-11-7-21)36(19-39-14-15-40(2,3)4)34-28(23)35-12-8-22(29(35)37)16-20-17-24(30)26(32)25(31)18-20/h6-7,9-11,13,17-18,22H,5,8,12,14-16,19H2,1-4H3/b13-9+. The Bertz CT molecular complexity index is 1340. The summed E-state index contributed by atoms with van der Waals surface area (Å²) in [5.74, 6) is -4.36. The molecular weight excluding hydrogens is 537 g/mol. The predicted molar refractivity (Wildman–Crippen MR) is 151 cm³/mol. The Morgan fingerprint density at radius 1 is 1.12 bits per heavy atom. The number of carbonyl (C=O) groups is 1. The average Bonchev–Trinajstić information content (AvgIpc) is 3.45. The van der Waals surface area contributed by atoms with Crippen LogP contribution in [0.5, 0.6) is 0 Å². The number of amides is 1. The molecule has 1 aliphatic rings. The van der Waals surface area contributed by atoms with E-state index in [1.807, 2.05) is 19.1 Å². The van der Waals surface area contributed by atoms with Crippen LogP contribution in [0.2, 0.25) is 25.7 Å². The van der Waals surface area contributed by atoms with Gasteiger partial charge in [0.25, 0.3) is 0 Å². The minimum atomic E-state index is -1.52. The van der Waals surface area contributed by atoms with Crippen LogP contribution in [0.3, 0.4) is 0 Å². The topological polar surface area (TPSA) is 69.5 Å². The van der Waals surface area contributed by atoms with Gasteiger partial charge in [-0.1, -0.05) is 19.6 Å². The molecule has 0 bridgehead atoms. The van der Waals surface area contributed by atoms with E-state index in [4.69, 9.17) is 14.6 Å². The normalized spacial score (nSPS) is 15.9. The van der Waals surface area contributed by atoms with Crippen LogP contribution in [-0.4, -0.2) is 48.5 Å². The van der Waals surface area contributed by atoms with E-state index in [0.717, 1.165) is 29.4 Å². The molecule has 1 amide bonds. The van der Waals surface area contributed by atoms with Crippen molar-refractivity contribution in [1.29, 1.82) is 0 Å². The van der Waals surface area contributed by atoms with Crippen molar-refractivity contribution in [2.24, 2.45) is 5.92 Å². The lowest BCUT2D eigenvalue weighted by Crippen LogP contribution is -2.29. The van der Waals surface area contributed by atoms with Crippen molar-refractivity contribution >= 4 is 25.9 Å². The number of anilines is 1. The number of nitrogens with zero attached hydrogens (tertiary/aromatic N) is 4. The van der Waals surface area contributed by atoms with E-state index in [0.29, 0.717) is 37.6 Å². The van der Waals surface area contributed by atoms with Crippen LogP contribution in [0.15, 0.2) is 42.9 Å². The third-order valence-corrected chi connectivity index (χ3v) is 8.43. The number of hydrogen-bond donors (Lipinski definition) is 0. The van der Waals surface area contributed by atoms with Crippen molar-refractivity contribution < 1.29 is 27.4 Å². The highest BCUT2D eigenvalue weighted by molar-refractivity contribution is 6.76. The first kappa shape index (κ1) is 29.5. The van der Waals surface area contributed by atoms with Crippen LogP contribution in [-0.2, 0) is 27.4 Å². The monoisotopic (exact) mass is 572 g/mol. The first-order valence-electron chi connectivity index (χ1n) is 13.4. The van der Waals surface area contributed by atoms with Crippen LogP contribution >= 0.6 is 0 Å². The maximum Gasteiger partial charge on any atom is 0.231 e. The number of benzene rings is 1. The molecule has 0 spiro atoms. The van der Waals surface area contributed by atoms with Gasteiger partial charge in [-0.3, -0.25) is 14.7 Å². The highest BCUT2D eigenvalue weighted by Gasteiger charge is 2.36. The molecule has 4 rings (SSSR count). The number of aromatic nitrogens is 3. The maximum absolute atomic E-state index is 13.8. The molecule has 11 heteroatoms. The number of ether oxygens (including phenoxy) is 2. The molecule has 0 saturated carbocycles. The fraction of sp³-hybridized carbons (Fsp3) is 0.414. The van der Waals surface area contributed by atoms with Gasteiger partial charge >= 0.3 is 0 Å². The minimum Gasteiger partial charge on any atom is -0.501 e. The first-order valence-corrected chi connectivity index (χ1v) is 17.1. The molecule has 1 fully saturated rings. The number of hydrogen-bond acceptors (Lipinski definition) is 5. The lowest BCUT2D eigenvalue weighted by Gasteiger charge is -2.16. The molecule has 1 aliphatic heterocycles. The fourth-order valence-corrected chi connectivity index (χ4v) is 5.37. The molecule has 0 radical (unpaired) electrons. The molecule has 1 unspecified atom stereocenters. The van der Waals surface area contributed by atoms with Gasteiger partial charge in [0.05, 0.1) is 18.6 Å². The molecule has 40 heavy (non-hydrogen) atoms. The molecule has 0 aliphatic carbocycles. The second-order valence-corrected chi connectivity index (χ2v) is 16.6. The molecule has 2 aromatic heterocycles. The Kier molecular flexibility index (Phi) is 9.46. The number of carbonyl (C=O) groups excluding carboxylic acids is 1. The van der Waals surface area contributed by atoms with Crippen LogP contribution in [0.4, 0.5) is 19.0 Å². The van der Waals surface area contributed by atoms with E-state index in [9.17, 15) is 18.0 Å². The summed E-state index contributed by atoms with van der Waals surface area (Å²) in [6.07, 6.45) is 7.28. The lowest BCUT2D eigenvalue weighted by molar-refractivity contribution is -0.120. The Hall–Kier alpha value is -3.44. The Labute approximate surface area is 233 Å². The van der Waals surface area contributed by atoms with Gasteiger partial charge in [-0.05, 0) is 61.7 Å². The summed E-state index contributed by atoms with van der Waals surface area (Å²) < 4.78 is 54.3. The quantitative estimate of drug-likeness (QED) is 0.111. The van der Waals surface area contributed by atoms with Gasteiger partial charge in [0.2, 0.25) is 5.91 Å². The molecule has 0 N–H and O–H groups in total. The van der Waals surface area contributed by atoms with Crippen molar-refractivity contribution in [1.82, 2.24) is 14.8 Å². The zero-order chi connectivity index (χ0) is 28.9. The average molecular weight is 573 g/mol. The van der Waals surface area contributed by atoms with Gasteiger partial charge in [0.1, 0.15) is 6.73 Å². The molecule has 3 heterocycles. The summed E-state index contributed by atoms with van der Waals surface area (Å²) in [4.78, 5) is 19.3. The minimum absolute atomic E-state index is 0.0886. The summed E-state index contributed by atoms with van der Waals surface area (Å²) in [6, 6.07) is 6.62. The number of rotatable bonds is 12. The van der Waals surface area contributed by atoms with Crippen LogP contribution in [0.25, 0.3) is 17.3 Å². The molecule has 1 atom stereocenters. The number of pyridine rings is 1. The van der Waals surface area contributed by atoms with Crippen LogP contribution in [0.1, 0.15) is 24.5 Å². The van der Waals surface area contributed by atoms with E-state index in [-0.39, 0.29) is 24.6 Å². The van der Waals surface area contributed by atoms with Crippen LogP contribution < -0.4 is 4.90 Å². The lowest BCUT2D eigenvalue weighted by atomic mass is 9.98. The van der Waals surface area contributed by atoms with E-state index >= 15 is 0 Å². The van der Waals surface area contributed by atoms with E-state index in [1.165, 1.54) is 0 Å². The van der Waals surface area contributed by atoms with E-state index < -0.39 is 31.4 Å². The Morgan fingerprint density at radius 2 is 1.82 bits per heavy atom. The second-order valence-electron chi connectivity index (χ2n) is 11.0. The maximum atomic E-state index is 13.8. The Balaban J connectivity index is 1.67. The van der Waals surface area contributed by atoms with E-state index in [1.54, 1.807) is 34.3 Å². The first-order chi connectivity index (χ1) is 19.1. The Morgan fingerprint density at radius 3 is 2.48 bits per heavy atom. The third-order valence-electron chi connectivity index (χ3n) is 6.73.